The molecule has 0 saturated heterocycles. The Kier molecular flexibility index (Phi) is 10.8. The Morgan fingerprint density at radius 2 is 1.35 bits per heavy atom. The fraction of sp³-hybridized carbons (Fsp3) is 0.462. The van der Waals surface area contributed by atoms with Gasteiger partial charge in [-0.1, -0.05) is 63.1 Å². The van der Waals surface area contributed by atoms with E-state index in [1.54, 1.807) is 30.3 Å². The lowest BCUT2D eigenvalue weighted by atomic mass is 10.00. The predicted octanol–water partition coefficient (Wildman–Crippen LogP) is 6.26. The van der Waals surface area contributed by atoms with Crippen LogP contribution in [0.15, 0.2) is 64.6 Å². The SMILES string of the molecule is O=C(CN(c1ccc(I)cc1)S(=O)(=O)c1ccccc1)NN=C1CCCCCCCCCCC1. The zero-order valence-electron chi connectivity index (χ0n) is 19.6. The van der Waals surface area contributed by atoms with Crippen molar-refractivity contribution in [1.29, 1.82) is 0 Å². The number of carbonyl (C=O) groups excluding carboxylic acids is 1. The summed E-state index contributed by atoms with van der Waals surface area (Å²) in [5.41, 5.74) is 4.08. The maximum Gasteiger partial charge on any atom is 0.264 e. The van der Waals surface area contributed by atoms with Gasteiger partial charge in [-0.05, 0) is 84.7 Å². The molecular weight excluding hydrogens is 561 g/mol. The smallest absolute Gasteiger partial charge is 0.264 e. The molecule has 184 valence electrons. The lowest BCUT2D eigenvalue weighted by molar-refractivity contribution is -0.119. The Morgan fingerprint density at radius 3 is 1.91 bits per heavy atom. The van der Waals surface area contributed by atoms with Crippen molar-refractivity contribution in [2.24, 2.45) is 5.10 Å². The Labute approximate surface area is 217 Å². The number of halogens is 1. The lowest BCUT2D eigenvalue weighted by Crippen LogP contribution is -2.39. The molecule has 0 spiro atoms. The molecule has 1 fully saturated rings. The molecule has 2 aromatic carbocycles. The Morgan fingerprint density at radius 1 is 0.824 bits per heavy atom. The maximum absolute atomic E-state index is 13.4. The normalized spacial score (nSPS) is 16.1. The third-order valence-electron chi connectivity index (χ3n) is 6.00. The molecule has 1 aliphatic rings. The molecular formula is C26H34IN3O3S. The number of anilines is 1. The topological polar surface area (TPSA) is 78.8 Å². The number of nitrogens with one attached hydrogen (secondary N) is 1. The monoisotopic (exact) mass is 595 g/mol. The second kappa shape index (κ2) is 13.8. The van der Waals surface area contributed by atoms with E-state index in [1.165, 1.54) is 57.1 Å². The summed E-state index contributed by atoms with van der Waals surface area (Å²) in [5.74, 6) is -0.448. The molecule has 34 heavy (non-hydrogen) atoms. The molecule has 0 heterocycles. The van der Waals surface area contributed by atoms with Gasteiger partial charge in [-0.25, -0.2) is 13.8 Å². The molecule has 3 rings (SSSR count). The van der Waals surface area contributed by atoms with E-state index in [-0.39, 0.29) is 11.4 Å². The molecule has 0 atom stereocenters. The zero-order chi connectivity index (χ0) is 24.2. The minimum Gasteiger partial charge on any atom is -0.271 e. The number of sulfonamides is 1. The number of hydrazone groups is 1. The van der Waals surface area contributed by atoms with Gasteiger partial charge in [0, 0.05) is 9.28 Å². The van der Waals surface area contributed by atoms with Gasteiger partial charge in [0.25, 0.3) is 15.9 Å². The summed E-state index contributed by atoms with van der Waals surface area (Å²) in [5, 5.41) is 4.42. The van der Waals surface area contributed by atoms with Gasteiger partial charge in [-0.2, -0.15) is 5.10 Å². The van der Waals surface area contributed by atoms with Crippen molar-refractivity contribution in [3.63, 3.8) is 0 Å². The molecule has 8 heteroatoms. The van der Waals surface area contributed by atoms with E-state index in [4.69, 9.17) is 0 Å². The van der Waals surface area contributed by atoms with Crippen LogP contribution in [0.1, 0.15) is 70.6 Å². The van der Waals surface area contributed by atoms with Crippen LogP contribution < -0.4 is 9.73 Å². The van der Waals surface area contributed by atoms with E-state index in [0.717, 1.165) is 39.3 Å². The van der Waals surface area contributed by atoms with Crippen LogP contribution in [0.25, 0.3) is 0 Å². The highest BCUT2D eigenvalue weighted by Crippen LogP contribution is 2.24. The first-order chi connectivity index (χ1) is 16.5. The van der Waals surface area contributed by atoms with Gasteiger partial charge >= 0.3 is 0 Å². The molecule has 1 N–H and O–H groups in total. The Balaban J connectivity index is 1.73. The summed E-state index contributed by atoms with van der Waals surface area (Å²) in [6, 6.07) is 15.3. The molecule has 1 amide bonds. The van der Waals surface area contributed by atoms with Gasteiger partial charge < -0.3 is 0 Å². The first-order valence-electron chi connectivity index (χ1n) is 12.1. The summed E-state index contributed by atoms with van der Waals surface area (Å²) in [6.07, 6.45) is 12.7. The molecule has 1 aliphatic carbocycles. The number of hydrogen-bond acceptors (Lipinski definition) is 4. The summed E-state index contributed by atoms with van der Waals surface area (Å²) in [6.45, 7) is -0.339. The molecule has 0 aliphatic heterocycles. The highest BCUT2D eigenvalue weighted by Gasteiger charge is 2.27. The fourth-order valence-corrected chi connectivity index (χ4v) is 5.88. The van der Waals surface area contributed by atoms with E-state index in [2.05, 4.69) is 33.1 Å². The highest BCUT2D eigenvalue weighted by atomic mass is 127. The van der Waals surface area contributed by atoms with Crippen molar-refractivity contribution in [3.8, 4) is 0 Å². The minimum absolute atomic E-state index is 0.145. The molecule has 6 nitrogen and oxygen atoms in total. The van der Waals surface area contributed by atoms with E-state index < -0.39 is 15.9 Å². The van der Waals surface area contributed by atoms with Crippen LogP contribution in [-0.2, 0) is 14.8 Å². The summed E-state index contributed by atoms with van der Waals surface area (Å²) < 4.78 is 28.9. The largest absolute Gasteiger partial charge is 0.271 e. The van der Waals surface area contributed by atoms with Crippen LogP contribution in [0.2, 0.25) is 0 Å². The van der Waals surface area contributed by atoms with Crippen LogP contribution >= 0.6 is 22.6 Å². The summed E-state index contributed by atoms with van der Waals surface area (Å²) in [4.78, 5) is 13.0. The number of hydrogen-bond donors (Lipinski definition) is 1. The van der Waals surface area contributed by atoms with Crippen LogP contribution in [-0.4, -0.2) is 26.6 Å². The van der Waals surface area contributed by atoms with Gasteiger partial charge in [-0.15, -0.1) is 0 Å². The van der Waals surface area contributed by atoms with Gasteiger partial charge in [0.2, 0.25) is 0 Å². The quantitative estimate of drug-likeness (QED) is 0.316. The van der Waals surface area contributed by atoms with Crippen molar-refractivity contribution < 1.29 is 13.2 Å². The second-order valence-electron chi connectivity index (χ2n) is 8.70. The maximum atomic E-state index is 13.4. The van der Waals surface area contributed by atoms with Crippen LogP contribution in [0.3, 0.4) is 0 Å². The second-order valence-corrected chi connectivity index (χ2v) is 11.8. The van der Waals surface area contributed by atoms with Gasteiger partial charge in [0.05, 0.1) is 10.6 Å². The van der Waals surface area contributed by atoms with E-state index in [9.17, 15) is 13.2 Å². The lowest BCUT2D eigenvalue weighted by Gasteiger charge is -2.23. The van der Waals surface area contributed by atoms with Crippen LogP contribution in [0.5, 0.6) is 0 Å². The van der Waals surface area contributed by atoms with Crippen molar-refractivity contribution in [1.82, 2.24) is 5.43 Å². The van der Waals surface area contributed by atoms with Crippen molar-refractivity contribution in [2.75, 3.05) is 10.8 Å². The average molecular weight is 596 g/mol. The number of amides is 1. The van der Waals surface area contributed by atoms with Gasteiger partial charge in [0.1, 0.15) is 6.54 Å². The highest BCUT2D eigenvalue weighted by molar-refractivity contribution is 14.1. The number of nitrogens with zero attached hydrogens (tertiary/aromatic N) is 2. The molecule has 0 aromatic heterocycles. The molecule has 0 radical (unpaired) electrons. The van der Waals surface area contributed by atoms with Crippen LogP contribution in [0, 0.1) is 3.57 Å². The third-order valence-corrected chi connectivity index (χ3v) is 8.51. The predicted molar refractivity (Wildman–Crippen MR) is 146 cm³/mol. The van der Waals surface area contributed by atoms with Crippen molar-refractivity contribution in [3.05, 3.63) is 58.2 Å². The Hall–Kier alpha value is -1.94. The van der Waals surface area contributed by atoms with Crippen molar-refractivity contribution in [2.45, 2.75) is 75.5 Å². The molecule has 0 unspecified atom stereocenters. The number of rotatable bonds is 6. The summed E-state index contributed by atoms with van der Waals surface area (Å²) >= 11 is 2.17. The number of carbonyl (C=O) groups is 1. The van der Waals surface area contributed by atoms with Gasteiger partial charge in [-0.3, -0.25) is 9.10 Å². The standard InChI is InChI=1S/C26H34IN3O3S/c27-22-17-19-24(20-18-22)30(34(32,33)25-15-11-8-12-16-25)21-26(31)29-28-23-13-9-6-4-2-1-3-5-7-10-14-23/h8,11-12,15-20H,1-7,9-10,13-14,21H2,(H,29,31). The first-order valence-corrected chi connectivity index (χ1v) is 14.7. The van der Waals surface area contributed by atoms with E-state index in [0.29, 0.717) is 5.69 Å². The minimum atomic E-state index is -3.91. The van der Waals surface area contributed by atoms with E-state index >= 15 is 0 Å². The number of benzene rings is 2. The zero-order valence-corrected chi connectivity index (χ0v) is 22.6. The van der Waals surface area contributed by atoms with Crippen molar-refractivity contribution >= 4 is 49.9 Å². The summed E-state index contributed by atoms with van der Waals surface area (Å²) in [7, 11) is -3.91. The van der Waals surface area contributed by atoms with E-state index in [1.807, 2.05) is 12.1 Å². The molecule has 0 bridgehead atoms. The fourth-order valence-electron chi connectivity index (χ4n) is 4.08. The van der Waals surface area contributed by atoms with Gasteiger partial charge in [0.15, 0.2) is 0 Å². The molecule has 1 saturated carbocycles. The Bertz CT molecular complexity index is 1030. The average Bonchev–Trinajstić information content (AvgIpc) is 2.83. The first kappa shape index (κ1) is 26.7. The van der Waals surface area contributed by atoms with Crippen LogP contribution in [0.4, 0.5) is 5.69 Å². The third kappa shape index (κ3) is 8.37. The molecule has 2 aromatic rings.